The molecule has 15 heavy (non-hydrogen) atoms. The van der Waals surface area contributed by atoms with Gasteiger partial charge in [-0.1, -0.05) is 11.2 Å². The highest BCUT2D eigenvalue weighted by Crippen LogP contribution is 2.28. The summed E-state index contributed by atoms with van der Waals surface area (Å²) in [4.78, 5) is 4.36. The van der Waals surface area contributed by atoms with E-state index in [1.165, 1.54) is 12.0 Å². The van der Waals surface area contributed by atoms with Crippen molar-refractivity contribution in [3.05, 3.63) is 17.8 Å². The van der Waals surface area contributed by atoms with E-state index in [0.29, 0.717) is 11.7 Å². The van der Waals surface area contributed by atoms with E-state index in [1.807, 2.05) is 13.8 Å². The first-order chi connectivity index (χ1) is 7.13. The molecule has 0 aromatic carbocycles. The minimum atomic E-state index is -0.485. The molecule has 0 spiro atoms. The SMILES string of the molecule is COC(C)(C)c1noc(C2=CCCC2)n1. The van der Waals surface area contributed by atoms with Crippen molar-refractivity contribution in [1.29, 1.82) is 0 Å². The van der Waals surface area contributed by atoms with Crippen LogP contribution in [0.1, 0.15) is 44.8 Å². The van der Waals surface area contributed by atoms with Crippen molar-refractivity contribution in [3.63, 3.8) is 0 Å². The molecule has 1 aromatic rings. The van der Waals surface area contributed by atoms with E-state index in [9.17, 15) is 0 Å². The van der Waals surface area contributed by atoms with Gasteiger partial charge in [0.15, 0.2) is 0 Å². The Kier molecular flexibility index (Phi) is 2.61. The van der Waals surface area contributed by atoms with Gasteiger partial charge in [0, 0.05) is 12.7 Å². The van der Waals surface area contributed by atoms with Gasteiger partial charge in [0.05, 0.1) is 0 Å². The third-order valence-electron chi connectivity index (χ3n) is 2.79. The highest BCUT2D eigenvalue weighted by molar-refractivity contribution is 5.60. The van der Waals surface area contributed by atoms with Crippen LogP contribution in [-0.4, -0.2) is 17.3 Å². The van der Waals surface area contributed by atoms with Crippen molar-refractivity contribution in [2.24, 2.45) is 0 Å². The maximum absolute atomic E-state index is 5.30. The number of ether oxygens (including phenoxy) is 1. The normalized spacial score (nSPS) is 16.9. The van der Waals surface area contributed by atoms with Crippen LogP contribution in [0.2, 0.25) is 0 Å². The summed E-state index contributed by atoms with van der Waals surface area (Å²) in [6.45, 7) is 3.84. The second kappa shape index (κ2) is 3.77. The Morgan fingerprint density at radius 2 is 2.27 bits per heavy atom. The van der Waals surface area contributed by atoms with Gasteiger partial charge in [-0.05, 0) is 33.1 Å². The lowest BCUT2D eigenvalue weighted by Gasteiger charge is -2.17. The van der Waals surface area contributed by atoms with E-state index in [1.54, 1.807) is 7.11 Å². The summed E-state index contributed by atoms with van der Waals surface area (Å²) in [5.41, 5.74) is 0.682. The fraction of sp³-hybridized carbons (Fsp3) is 0.636. The summed E-state index contributed by atoms with van der Waals surface area (Å²) in [6.07, 6.45) is 5.49. The lowest BCUT2D eigenvalue weighted by molar-refractivity contribution is 0.00973. The van der Waals surface area contributed by atoms with E-state index in [0.717, 1.165) is 12.8 Å². The van der Waals surface area contributed by atoms with Crippen LogP contribution in [0, 0.1) is 0 Å². The van der Waals surface area contributed by atoms with Gasteiger partial charge in [0.25, 0.3) is 5.89 Å². The predicted octanol–water partition coefficient (Wildman–Crippen LogP) is 2.52. The molecule has 0 saturated carbocycles. The van der Waals surface area contributed by atoms with Gasteiger partial charge in [0.1, 0.15) is 5.60 Å². The summed E-state index contributed by atoms with van der Waals surface area (Å²) >= 11 is 0. The molecule has 1 aliphatic rings. The largest absolute Gasteiger partial charge is 0.371 e. The molecule has 1 aliphatic carbocycles. The smallest absolute Gasteiger partial charge is 0.253 e. The van der Waals surface area contributed by atoms with Crippen LogP contribution >= 0.6 is 0 Å². The molecule has 0 saturated heterocycles. The summed E-state index contributed by atoms with van der Waals surface area (Å²) in [5.74, 6) is 1.25. The molecular formula is C11H16N2O2. The molecule has 0 unspecified atom stereocenters. The summed E-state index contributed by atoms with van der Waals surface area (Å²) < 4.78 is 10.5. The molecule has 0 radical (unpaired) electrons. The Balaban J connectivity index is 2.24. The van der Waals surface area contributed by atoms with Gasteiger partial charge in [-0.3, -0.25) is 0 Å². The number of hydrogen-bond donors (Lipinski definition) is 0. The Bertz CT molecular complexity index is 380. The molecule has 1 heterocycles. The standard InChI is InChI=1S/C11H16N2O2/c1-11(2,14-3)10-12-9(15-13-10)8-6-4-5-7-8/h6H,4-5,7H2,1-3H3. The number of allylic oxidation sites excluding steroid dienone is 2. The monoisotopic (exact) mass is 208 g/mol. The van der Waals surface area contributed by atoms with Crippen LogP contribution < -0.4 is 0 Å². The Morgan fingerprint density at radius 1 is 1.47 bits per heavy atom. The fourth-order valence-corrected chi connectivity index (χ4v) is 1.55. The van der Waals surface area contributed by atoms with Crippen LogP contribution in [-0.2, 0) is 10.3 Å². The summed E-state index contributed by atoms with van der Waals surface area (Å²) in [5, 5.41) is 3.95. The van der Waals surface area contributed by atoms with Crippen molar-refractivity contribution >= 4 is 5.57 Å². The molecule has 4 nitrogen and oxygen atoms in total. The topological polar surface area (TPSA) is 48.2 Å². The minimum absolute atomic E-state index is 0.485. The van der Waals surface area contributed by atoms with E-state index >= 15 is 0 Å². The molecule has 1 aromatic heterocycles. The predicted molar refractivity (Wildman–Crippen MR) is 56.2 cm³/mol. The second-order valence-electron chi connectivity index (χ2n) is 4.26. The van der Waals surface area contributed by atoms with Gasteiger partial charge in [0.2, 0.25) is 5.82 Å². The van der Waals surface area contributed by atoms with Crippen LogP contribution in [0.25, 0.3) is 5.57 Å². The van der Waals surface area contributed by atoms with Crippen LogP contribution in [0.15, 0.2) is 10.6 Å². The van der Waals surface area contributed by atoms with Crippen molar-refractivity contribution in [2.75, 3.05) is 7.11 Å². The molecule has 0 fully saturated rings. The number of methoxy groups -OCH3 is 1. The average Bonchev–Trinajstić information content (AvgIpc) is 2.88. The Morgan fingerprint density at radius 3 is 2.87 bits per heavy atom. The Hall–Kier alpha value is -1.16. The lowest BCUT2D eigenvalue weighted by atomic mass is 10.1. The first-order valence-electron chi connectivity index (χ1n) is 5.22. The van der Waals surface area contributed by atoms with E-state index in [4.69, 9.17) is 9.26 Å². The molecule has 0 atom stereocenters. The molecule has 4 heteroatoms. The number of nitrogens with zero attached hydrogens (tertiary/aromatic N) is 2. The summed E-state index contributed by atoms with van der Waals surface area (Å²) in [7, 11) is 1.64. The van der Waals surface area contributed by atoms with Crippen LogP contribution in [0.5, 0.6) is 0 Å². The van der Waals surface area contributed by atoms with E-state index in [-0.39, 0.29) is 0 Å². The molecular weight excluding hydrogens is 192 g/mol. The zero-order chi connectivity index (χ0) is 10.9. The first kappa shape index (κ1) is 10.4. The molecule has 0 aliphatic heterocycles. The van der Waals surface area contributed by atoms with Crippen LogP contribution in [0.4, 0.5) is 0 Å². The van der Waals surface area contributed by atoms with Crippen LogP contribution in [0.3, 0.4) is 0 Å². The maximum Gasteiger partial charge on any atom is 0.253 e. The van der Waals surface area contributed by atoms with Crippen molar-refractivity contribution < 1.29 is 9.26 Å². The highest BCUT2D eigenvalue weighted by Gasteiger charge is 2.27. The van der Waals surface area contributed by atoms with Crippen molar-refractivity contribution in [3.8, 4) is 0 Å². The number of aromatic nitrogens is 2. The lowest BCUT2D eigenvalue weighted by Crippen LogP contribution is -2.21. The molecule has 0 amide bonds. The molecule has 82 valence electrons. The van der Waals surface area contributed by atoms with Crippen molar-refractivity contribution in [1.82, 2.24) is 10.1 Å². The van der Waals surface area contributed by atoms with Gasteiger partial charge in [-0.2, -0.15) is 4.98 Å². The Labute approximate surface area is 89.3 Å². The fourth-order valence-electron chi connectivity index (χ4n) is 1.55. The van der Waals surface area contributed by atoms with Gasteiger partial charge in [-0.15, -0.1) is 0 Å². The first-order valence-corrected chi connectivity index (χ1v) is 5.22. The molecule has 0 N–H and O–H groups in total. The number of hydrogen-bond acceptors (Lipinski definition) is 4. The molecule has 0 bridgehead atoms. The highest BCUT2D eigenvalue weighted by atomic mass is 16.5. The van der Waals surface area contributed by atoms with Gasteiger partial charge in [-0.25, -0.2) is 0 Å². The maximum atomic E-state index is 5.30. The van der Waals surface area contributed by atoms with E-state index in [2.05, 4.69) is 16.2 Å². The van der Waals surface area contributed by atoms with Gasteiger partial charge < -0.3 is 9.26 Å². The zero-order valence-electron chi connectivity index (χ0n) is 9.41. The number of rotatable bonds is 3. The third-order valence-corrected chi connectivity index (χ3v) is 2.79. The molecule has 2 rings (SSSR count). The third kappa shape index (κ3) is 1.95. The minimum Gasteiger partial charge on any atom is -0.371 e. The summed E-state index contributed by atoms with van der Waals surface area (Å²) in [6, 6.07) is 0. The van der Waals surface area contributed by atoms with Crippen molar-refractivity contribution in [2.45, 2.75) is 38.7 Å². The second-order valence-corrected chi connectivity index (χ2v) is 4.26. The zero-order valence-corrected chi connectivity index (χ0v) is 9.41. The van der Waals surface area contributed by atoms with Gasteiger partial charge >= 0.3 is 0 Å². The quantitative estimate of drug-likeness (QED) is 0.765. The average molecular weight is 208 g/mol. The van der Waals surface area contributed by atoms with E-state index < -0.39 is 5.60 Å².